The van der Waals surface area contributed by atoms with Crippen LogP contribution in [0.5, 0.6) is 0 Å². The number of aliphatic hydroxyl groups is 1. The van der Waals surface area contributed by atoms with Gasteiger partial charge in [0, 0.05) is 66.5 Å². The molecule has 1 aliphatic carbocycles. The topological polar surface area (TPSA) is 160 Å². The normalized spacial score (nSPS) is 21.1. The lowest BCUT2D eigenvalue weighted by molar-refractivity contribution is -0.135. The van der Waals surface area contributed by atoms with Crippen LogP contribution in [-0.2, 0) is 34.2 Å². The van der Waals surface area contributed by atoms with Crippen molar-refractivity contribution >= 4 is 45.3 Å². The minimum Gasteiger partial charge on any atom is -0.386 e. The SMILES string of the molecule is CN(C[C@H]1CC[C@H](n2cc3cc(NC(=O)c4cccc(C(C)(C)C)n4)c(C(C)(C)O)cc3n2)CC1)C1CCN(Cc2cccc3c2n(C)c(=O)n3C2CCC(=O)NC2=O)CC1. The van der Waals surface area contributed by atoms with E-state index in [2.05, 4.69) is 70.2 Å². The van der Waals surface area contributed by atoms with E-state index in [1.807, 2.05) is 36.4 Å². The number of para-hydroxylation sites is 1. The molecule has 3 amide bonds. The number of nitrogens with one attached hydrogen (secondary N) is 2. The van der Waals surface area contributed by atoms with Gasteiger partial charge in [0.25, 0.3) is 5.91 Å². The monoisotopic (exact) mass is 831 g/mol. The van der Waals surface area contributed by atoms with Crippen molar-refractivity contribution in [1.82, 2.24) is 39.0 Å². The Morgan fingerprint density at radius 3 is 2.36 bits per heavy atom. The van der Waals surface area contributed by atoms with Crippen molar-refractivity contribution in [2.24, 2.45) is 13.0 Å². The summed E-state index contributed by atoms with van der Waals surface area (Å²) in [4.78, 5) is 61.1. The number of likely N-dealkylation sites (tertiary alicyclic amines) is 1. The van der Waals surface area contributed by atoms with Gasteiger partial charge in [-0.05, 0) is 121 Å². The largest absolute Gasteiger partial charge is 0.386 e. The second-order valence-electron chi connectivity index (χ2n) is 19.3. The van der Waals surface area contributed by atoms with Crippen LogP contribution in [0.1, 0.15) is 125 Å². The number of carbonyl (C=O) groups is 3. The Bertz CT molecular complexity index is 2520. The first-order valence-electron chi connectivity index (χ1n) is 21.9. The number of imidazole rings is 1. The van der Waals surface area contributed by atoms with Crippen molar-refractivity contribution in [3.8, 4) is 0 Å². The molecule has 1 unspecified atom stereocenters. The van der Waals surface area contributed by atoms with Crippen LogP contribution in [0.15, 0.2) is 59.5 Å². The molecule has 14 nitrogen and oxygen atoms in total. The number of rotatable bonds is 10. The number of imide groups is 1. The number of piperidine rings is 2. The van der Waals surface area contributed by atoms with E-state index in [1.165, 1.54) is 0 Å². The summed E-state index contributed by atoms with van der Waals surface area (Å²) in [7, 11) is 4.04. The van der Waals surface area contributed by atoms with Crippen LogP contribution in [-0.4, -0.2) is 89.3 Å². The molecule has 5 heterocycles. The van der Waals surface area contributed by atoms with E-state index >= 15 is 0 Å². The minimum absolute atomic E-state index is 0.196. The fourth-order valence-electron chi connectivity index (χ4n) is 9.84. The summed E-state index contributed by atoms with van der Waals surface area (Å²) in [5, 5.41) is 22.5. The Balaban J connectivity index is 0.860. The molecule has 61 heavy (non-hydrogen) atoms. The third-order valence-electron chi connectivity index (χ3n) is 13.3. The molecule has 3 aliphatic rings. The standard InChI is InChI=1S/C47H61N9O5/c1-46(2,3)40-13-9-11-35(48-40)43(58)49-37-24-31-28-55(51-36(31)25-34(37)47(4,5)61)33-16-14-29(15-17-33)26-52(6)32-20-22-54(23-21-32)27-30-10-8-12-38-42(30)53(7)45(60)56(38)39-18-19-41(57)50-44(39)59/h8-13,24-25,28-29,32-33,39,61H,14-23,26-27H2,1-7H3,(H,49,58)(H,50,57,59)/t29-,33-,39?. The molecule has 2 aromatic carbocycles. The van der Waals surface area contributed by atoms with E-state index in [-0.39, 0.29) is 35.4 Å². The maximum absolute atomic E-state index is 13.5. The van der Waals surface area contributed by atoms with Crippen molar-refractivity contribution in [3.63, 3.8) is 0 Å². The highest BCUT2D eigenvalue weighted by Gasteiger charge is 2.33. The van der Waals surface area contributed by atoms with Gasteiger partial charge in [-0.15, -0.1) is 0 Å². The zero-order chi connectivity index (χ0) is 43.4. The smallest absolute Gasteiger partial charge is 0.329 e. The van der Waals surface area contributed by atoms with Gasteiger partial charge in [-0.25, -0.2) is 9.78 Å². The molecule has 2 aliphatic heterocycles. The Labute approximate surface area is 357 Å². The molecule has 2 saturated heterocycles. The average Bonchev–Trinajstić information content (AvgIpc) is 3.75. The number of aromatic nitrogens is 5. The summed E-state index contributed by atoms with van der Waals surface area (Å²) in [6, 6.07) is 15.4. The van der Waals surface area contributed by atoms with Gasteiger partial charge in [0.05, 0.1) is 28.2 Å². The van der Waals surface area contributed by atoms with Crippen LogP contribution in [0.25, 0.3) is 21.9 Å². The summed E-state index contributed by atoms with van der Waals surface area (Å²) in [5.74, 6) is -0.414. The lowest BCUT2D eigenvalue weighted by Crippen LogP contribution is -2.44. The highest BCUT2D eigenvalue weighted by Crippen LogP contribution is 2.37. The quantitative estimate of drug-likeness (QED) is 0.140. The summed E-state index contributed by atoms with van der Waals surface area (Å²) >= 11 is 0. The lowest BCUT2D eigenvalue weighted by Gasteiger charge is -2.39. The zero-order valence-electron chi connectivity index (χ0n) is 36.7. The zero-order valence-corrected chi connectivity index (χ0v) is 36.7. The molecule has 0 spiro atoms. The van der Waals surface area contributed by atoms with Crippen LogP contribution in [0.2, 0.25) is 0 Å². The Kier molecular flexibility index (Phi) is 11.6. The van der Waals surface area contributed by atoms with Crippen LogP contribution >= 0.6 is 0 Å². The summed E-state index contributed by atoms with van der Waals surface area (Å²) in [5.41, 5.74) is 4.13. The molecule has 5 aromatic rings. The summed E-state index contributed by atoms with van der Waals surface area (Å²) in [6.45, 7) is 13.4. The maximum Gasteiger partial charge on any atom is 0.329 e. The van der Waals surface area contributed by atoms with E-state index < -0.39 is 17.6 Å². The number of pyridine rings is 1. The predicted octanol–water partition coefficient (Wildman–Crippen LogP) is 6.17. The maximum atomic E-state index is 13.5. The lowest BCUT2D eigenvalue weighted by atomic mass is 9.85. The number of anilines is 1. The van der Waals surface area contributed by atoms with E-state index in [0.717, 1.165) is 97.9 Å². The first kappa shape index (κ1) is 42.5. The molecule has 324 valence electrons. The summed E-state index contributed by atoms with van der Waals surface area (Å²) < 4.78 is 5.30. The van der Waals surface area contributed by atoms with Gasteiger partial charge in [0.2, 0.25) is 11.8 Å². The van der Waals surface area contributed by atoms with E-state index in [0.29, 0.717) is 35.3 Å². The van der Waals surface area contributed by atoms with E-state index in [4.69, 9.17) is 5.10 Å². The Hall–Kier alpha value is -5.18. The number of carbonyl (C=O) groups excluding carboxylic acids is 3. The van der Waals surface area contributed by atoms with Crippen molar-refractivity contribution in [2.75, 3.05) is 32.0 Å². The number of benzene rings is 2. The molecular weight excluding hydrogens is 771 g/mol. The Morgan fingerprint density at radius 1 is 0.951 bits per heavy atom. The molecule has 0 bridgehead atoms. The third kappa shape index (κ3) is 8.80. The van der Waals surface area contributed by atoms with E-state index in [1.54, 1.807) is 36.1 Å². The number of aryl methyl sites for hydroxylation is 1. The van der Waals surface area contributed by atoms with Crippen LogP contribution in [0.3, 0.4) is 0 Å². The molecule has 1 atom stereocenters. The number of nitrogens with zero attached hydrogens (tertiary/aromatic N) is 7. The van der Waals surface area contributed by atoms with Gasteiger partial charge in [-0.2, -0.15) is 5.10 Å². The fourth-order valence-corrected chi connectivity index (χ4v) is 9.84. The molecule has 14 heteroatoms. The van der Waals surface area contributed by atoms with E-state index in [9.17, 15) is 24.3 Å². The highest BCUT2D eigenvalue weighted by molar-refractivity contribution is 6.04. The van der Waals surface area contributed by atoms with Gasteiger partial charge >= 0.3 is 5.69 Å². The second-order valence-corrected chi connectivity index (χ2v) is 19.3. The fraction of sp³-hybridized carbons (Fsp3) is 0.532. The Morgan fingerprint density at radius 2 is 1.67 bits per heavy atom. The number of hydrogen-bond donors (Lipinski definition) is 3. The second kappa shape index (κ2) is 16.6. The number of amides is 3. The first-order chi connectivity index (χ1) is 28.9. The first-order valence-corrected chi connectivity index (χ1v) is 21.9. The predicted molar refractivity (Wildman–Crippen MR) is 236 cm³/mol. The van der Waals surface area contributed by atoms with Crippen LogP contribution < -0.4 is 16.3 Å². The average molecular weight is 832 g/mol. The van der Waals surface area contributed by atoms with Crippen molar-refractivity contribution < 1.29 is 19.5 Å². The number of hydrogen-bond acceptors (Lipinski definition) is 9. The third-order valence-corrected chi connectivity index (χ3v) is 13.3. The van der Waals surface area contributed by atoms with Gasteiger partial charge < -0.3 is 15.3 Å². The molecule has 0 radical (unpaired) electrons. The molecule has 1 saturated carbocycles. The van der Waals surface area contributed by atoms with Crippen molar-refractivity contribution in [1.29, 1.82) is 0 Å². The molecule has 3 aromatic heterocycles. The minimum atomic E-state index is -1.20. The molecular formula is C47H61N9O5. The molecule has 3 fully saturated rings. The molecule has 3 N–H and O–H groups in total. The summed E-state index contributed by atoms with van der Waals surface area (Å²) in [6.07, 6.45) is 9.11. The van der Waals surface area contributed by atoms with Gasteiger partial charge in [0.15, 0.2) is 0 Å². The van der Waals surface area contributed by atoms with Crippen LogP contribution in [0.4, 0.5) is 5.69 Å². The highest BCUT2D eigenvalue weighted by atomic mass is 16.3. The van der Waals surface area contributed by atoms with Crippen LogP contribution in [0, 0.1) is 5.92 Å². The van der Waals surface area contributed by atoms with Crippen molar-refractivity contribution in [3.05, 3.63) is 87.7 Å². The van der Waals surface area contributed by atoms with Gasteiger partial charge in [-0.3, -0.25) is 38.4 Å². The molecule has 8 rings (SSSR count). The van der Waals surface area contributed by atoms with Crippen molar-refractivity contribution in [2.45, 2.75) is 122 Å². The van der Waals surface area contributed by atoms with Gasteiger partial charge in [0.1, 0.15) is 11.7 Å². The van der Waals surface area contributed by atoms with Gasteiger partial charge in [-0.1, -0.05) is 39.0 Å². The number of fused-ring (bicyclic) bond motifs is 2.